The number of para-hydroxylation sites is 2. The van der Waals surface area contributed by atoms with E-state index in [0.29, 0.717) is 46.1 Å². The van der Waals surface area contributed by atoms with Crippen LogP contribution in [-0.4, -0.2) is 112 Å². The number of amides is 1. The average molecular weight is 754 g/mol. The van der Waals surface area contributed by atoms with Gasteiger partial charge in [-0.25, -0.2) is 4.79 Å². The largest absolute Gasteiger partial charge is 0.496 e. The number of likely N-dealkylation sites (tertiary alicyclic amines) is 1. The van der Waals surface area contributed by atoms with Gasteiger partial charge in [0.25, 0.3) is 0 Å². The van der Waals surface area contributed by atoms with Gasteiger partial charge in [0.2, 0.25) is 0 Å². The highest BCUT2D eigenvalue weighted by atomic mass is 16.6. The number of methoxy groups -OCH3 is 1. The second-order valence-corrected chi connectivity index (χ2v) is 15.6. The average Bonchev–Trinajstić information content (AvgIpc) is 3.18. The van der Waals surface area contributed by atoms with E-state index in [0.717, 1.165) is 90.3 Å². The van der Waals surface area contributed by atoms with E-state index in [9.17, 15) is 4.79 Å². The number of ether oxygens (including phenoxy) is 6. The minimum Gasteiger partial charge on any atom is -0.496 e. The number of benzene rings is 4. The summed E-state index contributed by atoms with van der Waals surface area (Å²) < 4.78 is 36.5. The number of hydrogen-bond donors (Lipinski definition) is 0. The highest BCUT2D eigenvalue weighted by Gasteiger charge is 2.36. The highest BCUT2D eigenvalue weighted by Crippen LogP contribution is 2.37. The summed E-state index contributed by atoms with van der Waals surface area (Å²) in [5.74, 6) is 2.56. The van der Waals surface area contributed by atoms with E-state index >= 15 is 0 Å². The van der Waals surface area contributed by atoms with Crippen molar-refractivity contribution < 1.29 is 33.2 Å². The zero-order valence-electron chi connectivity index (χ0n) is 33.3. The van der Waals surface area contributed by atoms with E-state index in [-0.39, 0.29) is 18.1 Å². The molecule has 4 aromatic rings. The van der Waals surface area contributed by atoms with Gasteiger partial charge in [-0.3, -0.25) is 4.90 Å². The van der Waals surface area contributed by atoms with Crippen LogP contribution in [0.5, 0.6) is 17.2 Å². The number of hydrogen-bond acceptors (Lipinski definition) is 9. The number of nitrogens with zero attached hydrogens (tertiary/aromatic N) is 3. The Kier molecular flexibility index (Phi) is 14.3. The highest BCUT2D eigenvalue weighted by molar-refractivity contribution is 5.84. The lowest BCUT2D eigenvalue weighted by atomic mass is 9.86. The summed E-state index contributed by atoms with van der Waals surface area (Å²) in [5.41, 5.74) is 2.59. The molecule has 2 aliphatic heterocycles. The molecule has 2 aliphatic rings. The van der Waals surface area contributed by atoms with Gasteiger partial charge in [0.05, 0.1) is 46.2 Å². The third-order valence-corrected chi connectivity index (χ3v) is 10.3. The van der Waals surface area contributed by atoms with E-state index in [1.165, 1.54) is 0 Å². The van der Waals surface area contributed by atoms with Gasteiger partial charge < -0.3 is 38.2 Å². The van der Waals surface area contributed by atoms with Crippen molar-refractivity contribution in [3.8, 4) is 17.2 Å². The first kappa shape index (κ1) is 40.3. The van der Waals surface area contributed by atoms with Crippen molar-refractivity contribution in [1.82, 2.24) is 14.7 Å². The van der Waals surface area contributed by atoms with Crippen LogP contribution >= 0.6 is 0 Å². The third-order valence-electron chi connectivity index (χ3n) is 10.3. The smallest absolute Gasteiger partial charge is 0.410 e. The number of piperidine rings is 1. The van der Waals surface area contributed by atoms with Crippen LogP contribution in [0.4, 0.5) is 4.79 Å². The number of likely N-dealkylation sites (N-methyl/N-ethyl adjacent to an activating group) is 1. The maximum absolute atomic E-state index is 13.2. The van der Waals surface area contributed by atoms with Crippen molar-refractivity contribution >= 4 is 16.9 Å². The maximum Gasteiger partial charge on any atom is 0.410 e. The fraction of sp³-hybridized carbons (Fsp3) is 0.489. The van der Waals surface area contributed by atoms with Gasteiger partial charge in [-0.2, -0.15) is 0 Å². The Bertz CT molecular complexity index is 1820. The van der Waals surface area contributed by atoms with E-state index in [1.807, 2.05) is 63.2 Å². The van der Waals surface area contributed by atoms with Crippen LogP contribution in [0, 0.1) is 0 Å². The minimum atomic E-state index is -0.583. The fourth-order valence-electron chi connectivity index (χ4n) is 7.22. The van der Waals surface area contributed by atoms with Crippen molar-refractivity contribution in [1.29, 1.82) is 0 Å². The molecule has 10 heteroatoms. The molecule has 10 nitrogen and oxygen atoms in total. The summed E-state index contributed by atoms with van der Waals surface area (Å²) in [4.78, 5) is 19.9. The van der Waals surface area contributed by atoms with Gasteiger partial charge in [-0.15, -0.1) is 0 Å². The Balaban J connectivity index is 1.09. The summed E-state index contributed by atoms with van der Waals surface area (Å²) in [7, 11) is 3.85. The summed E-state index contributed by atoms with van der Waals surface area (Å²) in [5, 5.41) is 2.26. The van der Waals surface area contributed by atoms with Gasteiger partial charge in [0, 0.05) is 57.2 Å². The van der Waals surface area contributed by atoms with Crippen molar-refractivity contribution in [2.24, 2.45) is 0 Å². The molecule has 2 heterocycles. The first-order valence-corrected chi connectivity index (χ1v) is 19.7. The summed E-state index contributed by atoms with van der Waals surface area (Å²) in [6, 6.07) is 28.8. The second kappa shape index (κ2) is 19.5. The number of carbonyl (C=O) groups excluding carboxylic acids is 1. The zero-order valence-corrected chi connectivity index (χ0v) is 33.3. The molecular weight excluding hydrogens is 695 g/mol. The van der Waals surface area contributed by atoms with Gasteiger partial charge in [-0.05, 0) is 86.5 Å². The molecule has 0 spiro atoms. The zero-order chi connectivity index (χ0) is 38.6. The van der Waals surface area contributed by atoms with E-state index in [2.05, 4.69) is 59.3 Å². The van der Waals surface area contributed by atoms with Crippen molar-refractivity contribution in [2.75, 3.05) is 79.8 Å². The Morgan fingerprint density at radius 2 is 1.55 bits per heavy atom. The molecule has 2 atom stereocenters. The standard InChI is InChI=1S/C45H59N3O7/c1-45(2,3)55-44(49)48-20-19-40(39-12-7-9-14-42(39)53-27-10-26-51-33-36-11-6-8-13-41(36)50-5)43(31-48)54-32-34-15-16-35-17-18-38(30-37(35)29-34)52-28-25-47-23-21-46(4)22-24-47/h6-9,11-18,29-30,40,43H,10,19-28,31-33H2,1-5H3. The predicted octanol–water partition coefficient (Wildman–Crippen LogP) is 7.77. The van der Waals surface area contributed by atoms with Crippen molar-refractivity contribution in [3.05, 3.63) is 102 Å². The van der Waals surface area contributed by atoms with Crippen molar-refractivity contribution in [3.63, 3.8) is 0 Å². The van der Waals surface area contributed by atoms with Crippen LogP contribution in [-0.2, 0) is 27.4 Å². The predicted molar refractivity (Wildman–Crippen MR) is 216 cm³/mol. The fourth-order valence-corrected chi connectivity index (χ4v) is 7.22. The van der Waals surface area contributed by atoms with Crippen LogP contribution in [0.3, 0.4) is 0 Å². The molecule has 2 unspecified atom stereocenters. The van der Waals surface area contributed by atoms with Gasteiger partial charge >= 0.3 is 6.09 Å². The molecule has 1 amide bonds. The monoisotopic (exact) mass is 753 g/mol. The quantitative estimate of drug-likeness (QED) is 0.107. The number of carbonyl (C=O) groups is 1. The Hall–Kier alpha value is -4.35. The second-order valence-electron chi connectivity index (χ2n) is 15.6. The molecule has 296 valence electrons. The molecule has 0 aliphatic carbocycles. The summed E-state index contributed by atoms with van der Waals surface area (Å²) in [6.45, 7) is 14.6. The Morgan fingerprint density at radius 3 is 2.35 bits per heavy atom. The summed E-state index contributed by atoms with van der Waals surface area (Å²) in [6.07, 6.45) is 0.878. The van der Waals surface area contributed by atoms with Crippen LogP contribution in [0.1, 0.15) is 56.2 Å². The van der Waals surface area contributed by atoms with Crippen molar-refractivity contribution in [2.45, 2.75) is 64.4 Å². The molecule has 0 bridgehead atoms. The van der Waals surface area contributed by atoms with Crippen LogP contribution < -0.4 is 14.2 Å². The van der Waals surface area contributed by atoms with E-state index in [1.54, 1.807) is 12.0 Å². The summed E-state index contributed by atoms with van der Waals surface area (Å²) >= 11 is 0. The van der Waals surface area contributed by atoms with Crippen LogP contribution in [0.15, 0.2) is 84.9 Å². The number of piperazine rings is 1. The molecule has 2 fully saturated rings. The topological polar surface area (TPSA) is 82.2 Å². The van der Waals surface area contributed by atoms with Crippen LogP contribution in [0.25, 0.3) is 10.8 Å². The molecule has 0 saturated carbocycles. The van der Waals surface area contributed by atoms with Gasteiger partial charge in [0.15, 0.2) is 0 Å². The van der Waals surface area contributed by atoms with Gasteiger partial charge in [-0.1, -0.05) is 54.6 Å². The molecule has 2 saturated heterocycles. The first-order chi connectivity index (χ1) is 26.6. The molecule has 0 N–H and O–H groups in total. The molecule has 0 radical (unpaired) electrons. The Morgan fingerprint density at radius 1 is 0.782 bits per heavy atom. The number of rotatable bonds is 16. The third kappa shape index (κ3) is 11.8. The Labute approximate surface area is 327 Å². The van der Waals surface area contributed by atoms with E-state index in [4.69, 9.17) is 28.4 Å². The first-order valence-electron chi connectivity index (χ1n) is 19.7. The van der Waals surface area contributed by atoms with Crippen LogP contribution in [0.2, 0.25) is 0 Å². The maximum atomic E-state index is 13.2. The SMILES string of the molecule is COc1ccccc1COCCCOc1ccccc1C1CCN(C(=O)OC(C)(C)C)CC1OCc1ccc2ccc(OCCN3CCN(C)CC3)cc2c1. The van der Waals surface area contributed by atoms with E-state index < -0.39 is 5.60 Å². The lowest BCUT2D eigenvalue weighted by Crippen LogP contribution is -2.48. The molecule has 6 rings (SSSR count). The molecule has 4 aromatic carbocycles. The molecule has 0 aromatic heterocycles. The van der Waals surface area contributed by atoms with Gasteiger partial charge in [0.1, 0.15) is 29.5 Å². The molecular formula is C45H59N3O7. The lowest BCUT2D eigenvalue weighted by molar-refractivity contribution is -0.0363. The minimum absolute atomic E-state index is 0.0254. The lowest BCUT2D eigenvalue weighted by Gasteiger charge is -2.39. The number of fused-ring (bicyclic) bond motifs is 1. The normalized spacial score (nSPS) is 18.3. The molecule has 55 heavy (non-hydrogen) atoms.